The van der Waals surface area contributed by atoms with Crippen molar-refractivity contribution in [3.63, 3.8) is 0 Å². The molecule has 0 radical (unpaired) electrons. The highest BCUT2D eigenvalue weighted by molar-refractivity contribution is 5.78. The van der Waals surface area contributed by atoms with Gasteiger partial charge in [-0.1, -0.05) is 12.8 Å². The lowest BCUT2D eigenvalue weighted by atomic mass is 9.98. The van der Waals surface area contributed by atoms with Crippen LogP contribution in [-0.4, -0.2) is 61.0 Å². The number of piperidine rings is 1. The highest BCUT2D eigenvalue weighted by Crippen LogP contribution is 2.18. The molecule has 21 heavy (non-hydrogen) atoms. The zero-order valence-corrected chi connectivity index (χ0v) is 13.2. The Morgan fingerprint density at radius 3 is 2.43 bits per heavy atom. The van der Waals surface area contributed by atoms with Crippen LogP contribution >= 0.6 is 0 Å². The van der Waals surface area contributed by atoms with Gasteiger partial charge in [0.2, 0.25) is 5.91 Å². The molecule has 2 fully saturated rings. The van der Waals surface area contributed by atoms with Gasteiger partial charge < -0.3 is 9.64 Å². The minimum Gasteiger partial charge on any atom is -0.466 e. The number of carbonyl (C=O) groups is 2. The standard InChI is InChI=1S/C16H28N2O3/c1-2-21-16(20)14-8-7-9-17(12-14)13-15(19)18-10-5-3-4-6-11-18/h14H,2-13H2,1H3. The lowest BCUT2D eigenvalue weighted by molar-refractivity contribution is -0.150. The molecule has 0 N–H and O–H groups in total. The Bertz CT molecular complexity index is 351. The van der Waals surface area contributed by atoms with Crippen molar-refractivity contribution in [3.8, 4) is 0 Å². The number of carbonyl (C=O) groups excluding carboxylic acids is 2. The molecule has 5 nitrogen and oxygen atoms in total. The van der Waals surface area contributed by atoms with Gasteiger partial charge in [-0.3, -0.25) is 14.5 Å². The van der Waals surface area contributed by atoms with Crippen LogP contribution in [0.3, 0.4) is 0 Å². The summed E-state index contributed by atoms with van der Waals surface area (Å²) in [5, 5.41) is 0. The third-order valence-electron chi connectivity index (χ3n) is 4.44. The number of amides is 1. The van der Waals surface area contributed by atoms with Crippen LogP contribution in [-0.2, 0) is 14.3 Å². The smallest absolute Gasteiger partial charge is 0.310 e. The van der Waals surface area contributed by atoms with Crippen molar-refractivity contribution in [3.05, 3.63) is 0 Å². The van der Waals surface area contributed by atoms with E-state index in [-0.39, 0.29) is 17.8 Å². The number of esters is 1. The van der Waals surface area contributed by atoms with Crippen molar-refractivity contribution in [2.75, 3.05) is 39.3 Å². The lowest BCUT2D eigenvalue weighted by Gasteiger charge is -2.32. The maximum absolute atomic E-state index is 12.4. The molecular formula is C16H28N2O3. The molecule has 1 amide bonds. The SMILES string of the molecule is CCOC(=O)C1CCCN(CC(=O)N2CCCCCC2)C1. The largest absolute Gasteiger partial charge is 0.466 e. The van der Waals surface area contributed by atoms with Crippen LogP contribution in [0.1, 0.15) is 45.4 Å². The summed E-state index contributed by atoms with van der Waals surface area (Å²) in [4.78, 5) is 28.3. The van der Waals surface area contributed by atoms with Crippen LogP contribution in [0.4, 0.5) is 0 Å². The molecule has 2 heterocycles. The number of hydrogen-bond donors (Lipinski definition) is 0. The average Bonchev–Trinajstić information content (AvgIpc) is 2.77. The Labute approximate surface area is 127 Å². The third-order valence-corrected chi connectivity index (χ3v) is 4.44. The fraction of sp³-hybridized carbons (Fsp3) is 0.875. The molecule has 120 valence electrons. The van der Waals surface area contributed by atoms with E-state index in [9.17, 15) is 9.59 Å². The Morgan fingerprint density at radius 1 is 1.05 bits per heavy atom. The van der Waals surface area contributed by atoms with Gasteiger partial charge in [0.05, 0.1) is 19.1 Å². The monoisotopic (exact) mass is 296 g/mol. The van der Waals surface area contributed by atoms with E-state index in [2.05, 4.69) is 4.90 Å². The second kappa shape index (κ2) is 8.37. The lowest BCUT2D eigenvalue weighted by Crippen LogP contribution is -2.46. The summed E-state index contributed by atoms with van der Waals surface area (Å²) in [6.07, 6.45) is 6.56. The van der Waals surface area contributed by atoms with Crippen molar-refractivity contribution in [2.24, 2.45) is 5.92 Å². The van der Waals surface area contributed by atoms with Crippen LogP contribution < -0.4 is 0 Å². The summed E-state index contributed by atoms with van der Waals surface area (Å²) in [6, 6.07) is 0. The number of nitrogens with zero attached hydrogens (tertiary/aromatic N) is 2. The van der Waals surface area contributed by atoms with Crippen molar-refractivity contribution in [1.29, 1.82) is 0 Å². The van der Waals surface area contributed by atoms with Gasteiger partial charge in [0.1, 0.15) is 0 Å². The number of hydrogen-bond acceptors (Lipinski definition) is 4. The summed E-state index contributed by atoms with van der Waals surface area (Å²) >= 11 is 0. The van der Waals surface area contributed by atoms with Crippen molar-refractivity contribution >= 4 is 11.9 Å². The highest BCUT2D eigenvalue weighted by Gasteiger charge is 2.28. The molecule has 0 bridgehead atoms. The molecule has 2 saturated heterocycles. The first kappa shape index (κ1) is 16.3. The van der Waals surface area contributed by atoms with E-state index in [4.69, 9.17) is 4.74 Å². The van der Waals surface area contributed by atoms with E-state index in [1.54, 1.807) is 0 Å². The fourth-order valence-electron chi connectivity index (χ4n) is 3.26. The van der Waals surface area contributed by atoms with Gasteiger partial charge in [0.25, 0.3) is 0 Å². The maximum atomic E-state index is 12.4. The summed E-state index contributed by atoms with van der Waals surface area (Å²) in [6.45, 7) is 6.09. The fourth-order valence-corrected chi connectivity index (χ4v) is 3.26. The zero-order chi connectivity index (χ0) is 15.1. The molecule has 1 unspecified atom stereocenters. The van der Waals surface area contributed by atoms with E-state index in [0.717, 1.165) is 45.3 Å². The summed E-state index contributed by atoms with van der Waals surface area (Å²) < 4.78 is 5.11. The third kappa shape index (κ3) is 4.99. The predicted octanol–water partition coefficient (Wildman–Crippen LogP) is 1.66. The van der Waals surface area contributed by atoms with E-state index >= 15 is 0 Å². The molecule has 2 aliphatic rings. The predicted molar refractivity (Wildman–Crippen MR) is 80.8 cm³/mol. The van der Waals surface area contributed by atoms with E-state index in [1.807, 2.05) is 11.8 Å². The molecule has 5 heteroatoms. The topological polar surface area (TPSA) is 49.9 Å². The minimum atomic E-state index is -0.107. The first-order chi connectivity index (χ1) is 10.2. The van der Waals surface area contributed by atoms with Gasteiger partial charge in [-0.15, -0.1) is 0 Å². The van der Waals surface area contributed by atoms with Gasteiger partial charge in [-0.05, 0) is 39.2 Å². The van der Waals surface area contributed by atoms with E-state index in [0.29, 0.717) is 19.7 Å². The number of rotatable bonds is 4. The summed E-state index contributed by atoms with van der Waals surface area (Å²) in [5.74, 6) is 0.0569. The van der Waals surface area contributed by atoms with Gasteiger partial charge in [-0.25, -0.2) is 0 Å². The molecule has 2 aliphatic heterocycles. The van der Waals surface area contributed by atoms with Gasteiger partial charge in [0.15, 0.2) is 0 Å². The molecule has 2 rings (SSSR count). The zero-order valence-electron chi connectivity index (χ0n) is 13.2. The molecule has 0 aromatic heterocycles. The maximum Gasteiger partial charge on any atom is 0.310 e. The molecular weight excluding hydrogens is 268 g/mol. The van der Waals surface area contributed by atoms with Crippen LogP contribution in [0.5, 0.6) is 0 Å². The van der Waals surface area contributed by atoms with E-state index in [1.165, 1.54) is 12.8 Å². The molecule has 0 aliphatic carbocycles. The van der Waals surface area contributed by atoms with Crippen molar-refractivity contribution < 1.29 is 14.3 Å². The van der Waals surface area contributed by atoms with Crippen molar-refractivity contribution in [1.82, 2.24) is 9.80 Å². The summed E-state index contributed by atoms with van der Waals surface area (Å²) in [5.41, 5.74) is 0. The first-order valence-electron chi connectivity index (χ1n) is 8.37. The van der Waals surface area contributed by atoms with Gasteiger partial charge in [0, 0.05) is 19.6 Å². The van der Waals surface area contributed by atoms with Crippen LogP contribution in [0.15, 0.2) is 0 Å². The van der Waals surface area contributed by atoms with Gasteiger partial charge in [-0.2, -0.15) is 0 Å². The quantitative estimate of drug-likeness (QED) is 0.740. The molecule has 1 atom stereocenters. The van der Waals surface area contributed by atoms with Gasteiger partial charge >= 0.3 is 5.97 Å². The Morgan fingerprint density at radius 2 is 1.76 bits per heavy atom. The average molecular weight is 296 g/mol. The minimum absolute atomic E-state index is 0.0596. The molecule has 0 saturated carbocycles. The van der Waals surface area contributed by atoms with Crippen LogP contribution in [0.2, 0.25) is 0 Å². The Balaban J connectivity index is 1.81. The second-order valence-corrected chi connectivity index (χ2v) is 6.12. The Hall–Kier alpha value is -1.10. The van der Waals surface area contributed by atoms with Crippen LogP contribution in [0.25, 0.3) is 0 Å². The van der Waals surface area contributed by atoms with E-state index < -0.39 is 0 Å². The summed E-state index contributed by atoms with van der Waals surface area (Å²) in [7, 11) is 0. The molecule has 0 aromatic carbocycles. The van der Waals surface area contributed by atoms with Crippen LogP contribution in [0, 0.1) is 5.92 Å². The normalized spacial score (nSPS) is 24.4. The molecule has 0 aromatic rings. The first-order valence-corrected chi connectivity index (χ1v) is 8.37. The van der Waals surface area contributed by atoms with Crippen molar-refractivity contribution in [2.45, 2.75) is 45.4 Å². The number of ether oxygens (including phenoxy) is 1. The number of likely N-dealkylation sites (tertiary alicyclic amines) is 2. The Kier molecular flexibility index (Phi) is 6.49. The highest BCUT2D eigenvalue weighted by atomic mass is 16.5. The second-order valence-electron chi connectivity index (χ2n) is 6.12. The molecule has 0 spiro atoms.